The van der Waals surface area contributed by atoms with Gasteiger partial charge in [-0.2, -0.15) is 0 Å². The standard InChI is InChI=1S/C24H29BrN4O2/c1-4-7-16-28(24(31)26-6-3)21(5-2)22-27-20-11-9-8-10-19(20)23(30)29(22)18-14-12-17(25)13-15-18/h8-15,21H,4-7,16H2,1-3H3,(H,26,31). The monoisotopic (exact) mass is 484 g/mol. The van der Waals surface area contributed by atoms with Gasteiger partial charge in [0.1, 0.15) is 5.82 Å². The molecule has 7 heteroatoms. The molecular weight excluding hydrogens is 456 g/mol. The zero-order valence-corrected chi connectivity index (χ0v) is 19.9. The van der Waals surface area contributed by atoms with Crippen LogP contribution in [0.1, 0.15) is 51.9 Å². The van der Waals surface area contributed by atoms with E-state index in [0.717, 1.165) is 23.0 Å². The highest BCUT2D eigenvalue weighted by Crippen LogP contribution is 2.27. The van der Waals surface area contributed by atoms with Crippen molar-refractivity contribution >= 4 is 32.9 Å². The first kappa shape index (κ1) is 23.0. The molecule has 2 amide bonds. The molecule has 31 heavy (non-hydrogen) atoms. The van der Waals surface area contributed by atoms with Gasteiger partial charge in [-0.15, -0.1) is 0 Å². The van der Waals surface area contributed by atoms with Gasteiger partial charge in [-0.05, 0) is 56.2 Å². The molecular formula is C24H29BrN4O2. The first-order valence-electron chi connectivity index (χ1n) is 10.8. The van der Waals surface area contributed by atoms with Crippen molar-refractivity contribution in [3.8, 4) is 5.69 Å². The van der Waals surface area contributed by atoms with E-state index in [0.29, 0.717) is 36.2 Å². The van der Waals surface area contributed by atoms with Gasteiger partial charge in [0.2, 0.25) is 0 Å². The molecule has 1 N–H and O–H groups in total. The van der Waals surface area contributed by atoms with Crippen LogP contribution >= 0.6 is 15.9 Å². The Kier molecular flexibility index (Phi) is 7.85. The van der Waals surface area contributed by atoms with E-state index in [1.807, 2.05) is 61.2 Å². The van der Waals surface area contributed by atoms with Crippen LogP contribution in [0.25, 0.3) is 16.6 Å². The third-order valence-corrected chi connectivity index (χ3v) is 5.82. The van der Waals surface area contributed by atoms with Gasteiger partial charge in [-0.25, -0.2) is 9.78 Å². The first-order valence-corrected chi connectivity index (χ1v) is 11.6. The number of rotatable bonds is 8. The smallest absolute Gasteiger partial charge is 0.318 e. The van der Waals surface area contributed by atoms with Gasteiger partial charge >= 0.3 is 6.03 Å². The van der Waals surface area contributed by atoms with E-state index in [1.165, 1.54) is 0 Å². The Morgan fingerprint density at radius 1 is 1.13 bits per heavy atom. The van der Waals surface area contributed by atoms with Gasteiger partial charge in [-0.1, -0.05) is 48.3 Å². The maximum atomic E-state index is 13.6. The maximum Gasteiger partial charge on any atom is 0.318 e. The average Bonchev–Trinajstić information content (AvgIpc) is 2.77. The van der Waals surface area contributed by atoms with Crippen molar-refractivity contribution in [2.45, 2.75) is 46.1 Å². The van der Waals surface area contributed by atoms with Crippen LogP contribution in [0.15, 0.2) is 57.8 Å². The molecule has 1 aromatic heterocycles. The minimum absolute atomic E-state index is 0.132. The Bertz CT molecular complexity index is 1090. The summed E-state index contributed by atoms with van der Waals surface area (Å²) in [5.41, 5.74) is 1.24. The van der Waals surface area contributed by atoms with Crippen LogP contribution in [0.3, 0.4) is 0 Å². The van der Waals surface area contributed by atoms with Crippen LogP contribution in [-0.4, -0.2) is 33.6 Å². The van der Waals surface area contributed by atoms with Crippen LogP contribution in [0.5, 0.6) is 0 Å². The zero-order chi connectivity index (χ0) is 22.4. The topological polar surface area (TPSA) is 67.2 Å². The molecule has 3 rings (SSSR count). The Hall–Kier alpha value is -2.67. The lowest BCUT2D eigenvalue weighted by Crippen LogP contribution is -2.44. The highest BCUT2D eigenvalue weighted by Gasteiger charge is 2.28. The molecule has 0 bridgehead atoms. The van der Waals surface area contributed by atoms with Crippen LogP contribution in [0.2, 0.25) is 0 Å². The minimum atomic E-state index is -0.334. The molecule has 0 fully saturated rings. The summed E-state index contributed by atoms with van der Waals surface area (Å²) >= 11 is 3.46. The number of halogens is 1. The summed E-state index contributed by atoms with van der Waals surface area (Å²) in [6.07, 6.45) is 2.49. The van der Waals surface area contributed by atoms with Gasteiger partial charge in [0, 0.05) is 17.6 Å². The molecule has 1 atom stereocenters. The normalized spacial score (nSPS) is 12.0. The SMILES string of the molecule is CCCCN(C(=O)NCC)C(CC)c1nc2ccccc2c(=O)n1-c1ccc(Br)cc1. The van der Waals surface area contributed by atoms with E-state index in [9.17, 15) is 9.59 Å². The number of hydrogen-bond donors (Lipinski definition) is 1. The number of carbonyl (C=O) groups is 1. The predicted molar refractivity (Wildman–Crippen MR) is 129 cm³/mol. The number of fused-ring (bicyclic) bond motifs is 1. The molecule has 1 unspecified atom stereocenters. The summed E-state index contributed by atoms with van der Waals surface area (Å²) in [6.45, 7) is 7.17. The highest BCUT2D eigenvalue weighted by atomic mass is 79.9. The van der Waals surface area contributed by atoms with E-state index in [-0.39, 0.29) is 17.6 Å². The number of nitrogens with one attached hydrogen (secondary N) is 1. The summed E-state index contributed by atoms with van der Waals surface area (Å²) in [4.78, 5) is 33.3. The Labute approximate surface area is 191 Å². The number of unbranched alkanes of at least 4 members (excludes halogenated alkanes) is 1. The van der Waals surface area contributed by atoms with Crippen LogP contribution in [-0.2, 0) is 0 Å². The van der Waals surface area contributed by atoms with Crippen molar-refractivity contribution in [3.63, 3.8) is 0 Å². The van der Waals surface area contributed by atoms with Gasteiger partial charge in [0.25, 0.3) is 5.56 Å². The lowest BCUT2D eigenvalue weighted by Gasteiger charge is -2.32. The Balaban J connectivity index is 2.26. The van der Waals surface area contributed by atoms with Gasteiger partial charge in [0.05, 0.1) is 22.6 Å². The summed E-state index contributed by atoms with van der Waals surface area (Å²) in [7, 11) is 0. The predicted octanol–water partition coefficient (Wildman–Crippen LogP) is 5.43. The summed E-state index contributed by atoms with van der Waals surface area (Å²) in [5.74, 6) is 0.580. The summed E-state index contributed by atoms with van der Waals surface area (Å²) in [5, 5.41) is 3.48. The van der Waals surface area contributed by atoms with E-state index >= 15 is 0 Å². The Morgan fingerprint density at radius 2 is 1.84 bits per heavy atom. The van der Waals surface area contributed by atoms with Crippen molar-refractivity contribution in [1.82, 2.24) is 19.8 Å². The van der Waals surface area contributed by atoms with Crippen molar-refractivity contribution in [1.29, 1.82) is 0 Å². The molecule has 0 aliphatic carbocycles. The minimum Gasteiger partial charge on any atom is -0.338 e. The summed E-state index contributed by atoms with van der Waals surface area (Å²) < 4.78 is 2.58. The van der Waals surface area contributed by atoms with Crippen molar-refractivity contribution < 1.29 is 4.79 Å². The molecule has 164 valence electrons. The third-order valence-electron chi connectivity index (χ3n) is 5.29. The number of amides is 2. The van der Waals surface area contributed by atoms with Crippen LogP contribution in [0.4, 0.5) is 4.79 Å². The number of nitrogens with zero attached hydrogens (tertiary/aromatic N) is 3. The Morgan fingerprint density at radius 3 is 2.48 bits per heavy atom. The van der Waals surface area contributed by atoms with Gasteiger partial charge in [-0.3, -0.25) is 9.36 Å². The molecule has 2 aromatic carbocycles. The number of aromatic nitrogens is 2. The highest BCUT2D eigenvalue weighted by molar-refractivity contribution is 9.10. The number of hydrogen-bond acceptors (Lipinski definition) is 3. The molecule has 0 radical (unpaired) electrons. The van der Waals surface area contributed by atoms with E-state index in [4.69, 9.17) is 4.98 Å². The van der Waals surface area contributed by atoms with Gasteiger partial charge in [0.15, 0.2) is 0 Å². The molecule has 0 saturated carbocycles. The second-order valence-corrected chi connectivity index (χ2v) is 8.33. The lowest BCUT2D eigenvalue weighted by molar-refractivity contribution is 0.167. The van der Waals surface area contributed by atoms with Crippen molar-refractivity contribution in [2.75, 3.05) is 13.1 Å². The number of benzene rings is 2. The van der Waals surface area contributed by atoms with Gasteiger partial charge < -0.3 is 10.2 Å². The molecule has 0 saturated heterocycles. The van der Waals surface area contributed by atoms with Crippen molar-refractivity contribution in [3.05, 3.63) is 69.2 Å². The maximum absolute atomic E-state index is 13.6. The van der Waals surface area contributed by atoms with Crippen LogP contribution < -0.4 is 10.9 Å². The largest absolute Gasteiger partial charge is 0.338 e. The van der Waals surface area contributed by atoms with Crippen molar-refractivity contribution in [2.24, 2.45) is 0 Å². The van der Waals surface area contributed by atoms with E-state index in [2.05, 4.69) is 28.2 Å². The quantitative estimate of drug-likeness (QED) is 0.463. The fraction of sp³-hybridized carbons (Fsp3) is 0.375. The molecule has 6 nitrogen and oxygen atoms in total. The fourth-order valence-corrected chi connectivity index (χ4v) is 4.00. The second kappa shape index (κ2) is 10.6. The average molecular weight is 485 g/mol. The van der Waals surface area contributed by atoms with Crippen LogP contribution in [0, 0.1) is 0 Å². The molecule has 3 aromatic rings. The fourth-order valence-electron chi connectivity index (χ4n) is 3.74. The van der Waals surface area contributed by atoms with E-state index < -0.39 is 0 Å². The zero-order valence-electron chi connectivity index (χ0n) is 18.3. The molecule has 0 spiro atoms. The number of para-hydroxylation sites is 1. The molecule has 0 aliphatic rings. The number of carbonyl (C=O) groups excluding carboxylic acids is 1. The number of urea groups is 1. The first-order chi connectivity index (χ1) is 15.0. The summed E-state index contributed by atoms with van der Waals surface area (Å²) in [6, 6.07) is 14.5. The molecule has 0 aliphatic heterocycles. The lowest BCUT2D eigenvalue weighted by atomic mass is 10.1. The van der Waals surface area contributed by atoms with E-state index in [1.54, 1.807) is 10.6 Å². The second-order valence-electron chi connectivity index (χ2n) is 7.41. The third kappa shape index (κ3) is 4.98. The molecule has 1 heterocycles.